The molecule has 4 rings (SSSR count). The average Bonchev–Trinajstić information content (AvgIpc) is 3.22. The molecule has 6 heteroatoms. The predicted molar refractivity (Wildman–Crippen MR) is 120 cm³/mol. The molecule has 0 atom stereocenters. The number of hydrogen-bond acceptors (Lipinski definition) is 4. The van der Waals surface area contributed by atoms with Gasteiger partial charge in [-0.25, -0.2) is 0 Å². The summed E-state index contributed by atoms with van der Waals surface area (Å²) in [6.45, 7) is 6.63. The van der Waals surface area contributed by atoms with Crippen LogP contribution in [0.4, 0.5) is 0 Å². The number of carbonyl (C=O) groups excluding carboxylic acids is 1. The smallest absolute Gasteiger partial charge is 0.246 e. The first kappa shape index (κ1) is 20.6. The molecule has 0 saturated carbocycles. The maximum absolute atomic E-state index is 12.6. The van der Waals surface area contributed by atoms with Crippen molar-refractivity contribution in [3.05, 3.63) is 52.4 Å². The largest absolute Gasteiger partial charge is 0.379 e. The summed E-state index contributed by atoms with van der Waals surface area (Å²) in [5, 5.41) is 0.751. The van der Waals surface area contributed by atoms with Crippen LogP contribution in [0.15, 0.2) is 42.5 Å². The fraction of sp³-hybridized carbons (Fsp3) is 0.435. The van der Waals surface area contributed by atoms with E-state index >= 15 is 0 Å². The van der Waals surface area contributed by atoms with Crippen molar-refractivity contribution in [1.29, 1.82) is 0 Å². The van der Waals surface area contributed by atoms with Crippen molar-refractivity contribution in [2.75, 3.05) is 45.9 Å². The molecule has 29 heavy (non-hydrogen) atoms. The molecule has 0 spiro atoms. The van der Waals surface area contributed by atoms with Crippen LogP contribution < -0.4 is 0 Å². The predicted octanol–water partition coefficient (Wildman–Crippen LogP) is 4.65. The molecule has 154 valence electrons. The second-order valence-corrected chi connectivity index (χ2v) is 9.22. The molecule has 1 aromatic heterocycles. The molecule has 0 N–H and O–H groups in total. The van der Waals surface area contributed by atoms with Crippen molar-refractivity contribution in [3.8, 4) is 10.4 Å². The van der Waals surface area contributed by atoms with Gasteiger partial charge in [-0.2, -0.15) is 0 Å². The molecule has 3 heterocycles. The molecule has 4 nitrogen and oxygen atoms in total. The SMILES string of the molecule is O=C(/C=C/c1ccc(-c2ccccc2Cl)s1)N1CCC(CN2CCOCC2)CC1. The Labute approximate surface area is 181 Å². The Balaban J connectivity index is 1.28. The van der Waals surface area contributed by atoms with Gasteiger partial charge >= 0.3 is 0 Å². The molecule has 0 radical (unpaired) electrons. The zero-order valence-electron chi connectivity index (χ0n) is 16.6. The van der Waals surface area contributed by atoms with Crippen LogP contribution in [-0.4, -0.2) is 61.6 Å². The number of hydrogen-bond donors (Lipinski definition) is 0. The highest BCUT2D eigenvalue weighted by molar-refractivity contribution is 7.16. The van der Waals surface area contributed by atoms with E-state index in [1.54, 1.807) is 17.4 Å². The molecule has 2 aliphatic rings. The van der Waals surface area contributed by atoms with Gasteiger partial charge in [-0.1, -0.05) is 29.8 Å². The van der Waals surface area contributed by atoms with Gasteiger partial charge in [0.15, 0.2) is 0 Å². The number of rotatable bonds is 5. The molecular weight excluding hydrogens is 404 g/mol. The zero-order chi connectivity index (χ0) is 20.1. The Morgan fingerprint density at radius 2 is 1.86 bits per heavy atom. The number of ether oxygens (including phenoxy) is 1. The van der Waals surface area contributed by atoms with Gasteiger partial charge in [-0.3, -0.25) is 9.69 Å². The van der Waals surface area contributed by atoms with Crippen molar-refractivity contribution in [1.82, 2.24) is 9.80 Å². The van der Waals surface area contributed by atoms with Crippen molar-refractivity contribution < 1.29 is 9.53 Å². The lowest BCUT2D eigenvalue weighted by Crippen LogP contribution is -2.43. The number of amides is 1. The summed E-state index contributed by atoms with van der Waals surface area (Å²) < 4.78 is 5.43. The third kappa shape index (κ3) is 5.48. The summed E-state index contributed by atoms with van der Waals surface area (Å²) in [6, 6.07) is 12.0. The summed E-state index contributed by atoms with van der Waals surface area (Å²) in [4.78, 5) is 19.3. The Morgan fingerprint density at radius 3 is 2.62 bits per heavy atom. The number of carbonyl (C=O) groups is 1. The highest BCUT2D eigenvalue weighted by Crippen LogP contribution is 2.33. The third-order valence-corrected chi connectivity index (χ3v) is 7.12. The van der Waals surface area contributed by atoms with E-state index < -0.39 is 0 Å². The van der Waals surface area contributed by atoms with Crippen LogP contribution in [0.1, 0.15) is 17.7 Å². The van der Waals surface area contributed by atoms with Gasteiger partial charge in [0.1, 0.15) is 0 Å². The van der Waals surface area contributed by atoms with Gasteiger partial charge in [0.2, 0.25) is 5.91 Å². The number of thiophene rings is 1. The first-order chi connectivity index (χ1) is 14.2. The molecule has 2 aliphatic heterocycles. The van der Waals surface area contributed by atoms with Crippen LogP contribution >= 0.6 is 22.9 Å². The molecule has 0 unspecified atom stereocenters. The van der Waals surface area contributed by atoms with E-state index in [4.69, 9.17) is 16.3 Å². The highest BCUT2D eigenvalue weighted by atomic mass is 35.5. The Morgan fingerprint density at radius 1 is 1.10 bits per heavy atom. The van der Waals surface area contributed by atoms with Crippen molar-refractivity contribution in [2.24, 2.45) is 5.92 Å². The molecule has 1 aromatic carbocycles. The van der Waals surface area contributed by atoms with E-state index in [0.717, 1.165) is 79.1 Å². The quantitative estimate of drug-likeness (QED) is 0.647. The molecule has 2 saturated heterocycles. The zero-order valence-corrected chi connectivity index (χ0v) is 18.1. The van der Waals surface area contributed by atoms with Gasteiger partial charge in [-0.15, -0.1) is 11.3 Å². The van der Waals surface area contributed by atoms with Gasteiger partial charge in [-0.05, 0) is 43.0 Å². The molecule has 1 amide bonds. The maximum atomic E-state index is 12.6. The Kier molecular flexibility index (Phi) is 7.03. The van der Waals surface area contributed by atoms with Gasteiger partial charge in [0, 0.05) is 59.1 Å². The van der Waals surface area contributed by atoms with Gasteiger partial charge in [0.25, 0.3) is 0 Å². The fourth-order valence-electron chi connectivity index (χ4n) is 3.99. The standard InChI is InChI=1S/C23H27ClN2O2S/c24-21-4-2-1-3-20(21)22-7-5-19(29-22)6-8-23(27)26-11-9-18(10-12-26)17-25-13-15-28-16-14-25/h1-8,18H,9-17H2/b8-6+. The number of halogens is 1. The summed E-state index contributed by atoms with van der Waals surface area (Å²) in [6.07, 6.45) is 5.82. The van der Waals surface area contributed by atoms with Crippen LogP contribution in [-0.2, 0) is 9.53 Å². The van der Waals surface area contributed by atoms with E-state index in [1.807, 2.05) is 41.3 Å². The lowest BCUT2D eigenvalue weighted by Gasteiger charge is -2.35. The second kappa shape index (κ2) is 9.90. The number of piperidine rings is 1. The minimum absolute atomic E-state index is 0.113. The van der Waals surface area contributed by atoms with E-state index in [-0.39, 0.29) is 5.91 Å². The van der Waals surface area contributed by atoms with Gasteiger partial charge in [0.05, 0.1) is 13.2 Å². The van der Waals surface area contributed by atoms with Crippen LogP contribution in [0, 0.1) is 5.92 Å². The fourth-order valence-corrected chi connectivity index (χ4v) is 5.24. The van der Waals surface area contributed by atoms with Crippen molar-refractivity contribution in [2.45, 2.75) is 12.8 Å². The minimum atomic E-state index is 0.113. The molecule has 2 fully saturated rings. The van der Waals surface area contributed by atoms with Crippen LogP contribution in [0.3, 0.4) is 0 Å². The number of likely N-dealkylation sites (tertiary alicyclic amines) is 1. The van der Waals surface area contributed by atoms with E-state index in [0.29, 0.717) is 5.92 Å². The van der Waals surface area contributed by atoms with Crippen LogP contribution in [0.5, 0.6) is 0 Å². The van der Waals surface area contributed by atoms with Crippen molar-refractivity contribution >= 4 is 34.9 Å². The normalized spacial score (nSPS) is 19.1. The Hall–Kier alpha value is -1.66. The molecular formula is C23H27ClN2O2S. The number of benzene rings is 1. The van der Waals surface area contributed by atoms with E-state index in [2.05, 4.69) is 11.0 Å². The number of morpholine rings is 1. The molecule has 0 aliphatic carbocycles. The molecule has 2 aromatic rings. The summed E-state index contributed by atoms with van der Waals surface area (Å²) >= 11 is 7.94. The first-order valence-corrected chi connectivity index (χ1v) is 11.5. The average molecular weight is 431 g/mol. The third-order valence-electron chi connectivity index (χ3n) is 5.70. The second-order valence-electron chi connectivity index (χ2n) is 7.70. The Bertz CT molecular complexity index is 852. The lowest BCUT2D eigenvalue weighted by atomic mass is 9.96. The summed E-state index contributed by atoms with van der Waals surface area (Å²) in [7, 11) is 0. The maximum Gasteiger partial charge on any atom is 0.246 e. The highest BCUT2D eigenvalue weighted by Gasteiger charge is 2.24. The van der Waals surface area contributed by atoms with Crippen LogP contribution in [0.2, 0.25) is 5.02 Å². The van der Waals surface area contributed by atoms with Crippen molar-refractivity contribution in [3.63, 3.8) is 0 Å². The monoisotopic (exact) mass is 430 g/mol. The van der Waals surface area contributed by atoms with Gasteiger partial charge < -0.3 is 9.64 Å². The van der Waals surface area contributed by atoms with E-state index in [9.17, 15) is 4.79 Å². The molecule has 0 bridgehead atoms. The van der Waals surface area contributed by atoms with E-state index in [1.165, 1.54) is 0 Å². The minimum Gasteiger partial charge on any atom is -0.379 e. The number of nitrogens with zero attached hydrogens (tertiary/aromatic N) is 2. The lowest BCUT2D eigenvalue weighted by molar-refractivity contribution is -0.127. The summed E-state index contributed by atoms with van der Waals surface area (Å²) in [5.74, 6) is 0.805. The topological polar surface area (TPSA) is 32.8 Å². The van der Waals surface area contributed by atoms with Crippen LogP contribution in [0.25, 0.3) is 16.5 Å². The first-order valence-electron chi connectivity index (χ1n) is 10.3. The summed E-state index contributed by atoms with van der Waals surface area (Å²) in [5.41, 5.74) is 1.03.